The van der Waals surface area contributed by atoms with Crippen molar-refractivity contribution in [3.8, 4) is 0 Å². The summed E-state index contributed by atoms with van der Waals surface area (Å²) in [6, 6.07) is 4.76. The Morgan fingerprint density at radius 3 is 2.62 bits per heavy atom. The highest BCUT2D eigenvalue weighted by Gasteiger charge is 2.29. The van der Waals surface area contributed by atoms with E-state index in [9.17, 15) is 8.42 Å². The van der Waals surface area contributed by atoms with E-state index in [0.717, 1.165) is 12.8 Å². The van der Waals surface area contributed by atoms with Gasteiger partial charge >= 0.3 is 0 Å². The second-order valence-corrected chi connectivity index (χ2v) is 7.98. The minimum atomic E-state index is -3.41. The predicted octanol–water partition coefficient (Wildman–Crippen LogP) is 3.37. The van der Waals surface area contributed by atoms with E-state index in [1.165, 1.54) is 0 Å². The molecular formula is C13H12Cl2N2O3S. The van der Waals surface area contributed by atoms with Crippen molar-refractivity contribution < 1.29 is 12.9 Å². The first kappa shape index (κ1) is 14.8. The standard InChI is InChI=1S/C13H12Cl2N2O3S/c14-10-4-1-8(5-11(10)15)6-21(18,19)7-12-16-13(17-20-12)9-2-3-9/h1,4-5,9H,2-3,6-7H2. The van der Waals surface area contributed by atoms with E-state index in [0.29, 0.717) is 27.4 Å². The number of halogens is 2. The van der Waals surface area contributed by atoms with Crippen molar-refractivity contribution in [2.24, 2.45) is 0 Å². The zero-order chi connectivity index (χ0) is 15.0. The molecule has 1 aromatic carbocycles. The molecule has 1 aliphatic carbocycles. The quantitative estimate of drug-likeness (QED) is 0.829. The number of benzene rings is 1. The molecule has 0 saturated heterocycles. The minimum Gasteiger partial charge on any atom is -0.338 e. The molecule has 1 aliphatic rings. The lowest BCUT2D eigenvalue weighted by Gasteiger charge is -2.03. The van der Waals surface area contributed by atoms with Gasteiger partial charge in [-0.15, -0.1) is 0 Å². The highest BCUT2D eigenvalue weighted by molar-refractivity contribution is 7.89. The highest BCUT2D eigenvalue weighted by Crippen LogP contribution is 2.38. The number of hydrogen-bond donors (Lipinski definition) is 0. The third kappa shape index (κ3) is 3.75. The van der Waals surface area contributed by atoms with Crippen molar-refractivity contribution >= 4 is 33.0 Å². The number of sulfone groups is 1. The van der Waals surface area contributed by atoms with Crippen LogP contribution in [0.25, 0.3) is 0 Å². The SMILES string of the molecule is O=S(=O)(Cc1ccc(Cl)c(Cl)c1)Cc1nc(C2CC2)no1. The fraction of sp³-hybridized carbons (Fsp3) is 0.385. The molecule has 0 unspecified atom stereocenters. The molecule has 2 aromatic rings. The summed E-state index contributed by atoms with van der Waals surface area (Å²) >= 11 is 11.7. The average Bonchev–Trinajstić information content (AvgIpc) is 3.15. The second-order valence-electron chi connectivity index (χ2n) is 5.10. The van der Waals surface area contributed by atoms with Gasteiger partial charge in [-0.2, -0.15) is 4.98 Å². The Bertz CT molecular complexity index is 769. The van der Waals surface area contributed by atoms with Crippen molar-refractivity contribution in [1.82, 2.24) is 10.1 Å². The average molecular weight is 347 g/mol. The molecule has 8 heteroatoms. The van der Waals surface area contributed by atoms with Crippen LogP contribution in [-0.2, 0) is 21.3 Å². The Morgan fingerprint density at radius 2 is 1.95 bits per heavy atom. The lowest BCUT2D eigenvalue weighted by Crippen LogP contribution is -2.08. The van der Waals surface area contributed by atoms with Crippen LogP contribution >= 0.6 is 23.2 Å². The Kier molecular flexibility index (Phi) is 3.94. The van der Waals surface area contributed by atoms with E-state index in [-0.39, 0.29) is 17.4 Å². The molecule has 0 atom stereocenters. The number of aromatic nitrogens is 2. The van der Waals surface area contributed by atoms with E-state index >= 15 is 0 Å². The molecular weight excluding hydrogens is 335 g/mol. The van der Waals surface area contributed by atoms with Crippen LogP contribution in [0, 0.1) is 0 Å². The maximum absolute atomic E-state index is 12.2. The molecule has 0 N–H and O–H groups in total. The van der Waals surface area contributed by atoms with Crippen molar-refractivity contribution in [2.75, 3.05) is 0 Å². The summed E-state index contributed by atoms with van der Waals surface area (Å²) in [7, 11) is -3.41. The van der Waals surface area contributed by atoms with E-state index in [4.69, 9.17) is 27.7 Å². The van der Waals surface area contributed by atoms with Gasteiger partial charge in [0.1, 0.15) is 5.75 Å². The lowest BCUT2D eigenvalue weighted by molar-refractivity contribution is 0.382. The summed E-state index contributed by atoms with van der Waals surface area (Å²) in [5.74, 6) is 0.657. The summed E-state index contributed by atoms with van der Waals surface area (Å²) in [4.78, 5) is 4.13. The van der Waals surface area contributed by atoms with E-state index < -0.39 is 9.84 Å². The van der Waals surface area contributed by atoms with Gasteiger partial charge in [0.15, 0.2) is 15.7 Å². The molecule has 1 aromatic heterocycles. The van der Waals surface area contributed by atoms with Crippen LogP contribution in [0.1, 0.15) is 36.0 Å². The molecule has 0 aliphatic heterocycles. The second kappa shape index (κ2) is 5.59. The fourth-order valence-electron chi connectivity index (χ4n) is 1.96. The molecule has 0 amide bonds. The van der Waals surface area contributed by atoms with Crippen molar-refractivity contribution in [1.29, 1.82) is 0 Å². The van der Waals surface area contributed by atoms with Crippen LogP contribution in [0.4, 0.5) is 0 Å². The van der Waals surface area contributed by atoms with Crippen LogP contribution in [-0.4, -0.2) is 18.6 Å². The van der Waals surface area contributed by atoms with Gasteiger partial charge in [-0.1, -0.05) is 34.4 Å². The van der Waals surface area contributed by atoms with Gasteiger partial charge in [-0.05, 0) is 30.5 Å². The van der Waals surface area contributed by atoms with Gasteiger partial charge in [0.25, 0.3) is 0 Å². The van der Waals surface area contributed by atoms with Crippen LogP contribution in [0.2, 0.25) is 10.0 Å². The third-order valence-electron chi connectivity index (χ3n) is 3.14. The monoisotopic (exact) mass is 346 g/mol. The predicted molar refractivity (Wildman–Crippen MR) is 79.1 cm³/mol. The summed E-state index contributed by atoms with van der Waals surface area (Å²) in [6.07, 6.45) is 2.07. The molecule has 3 rings (SSSR count). The minimum absolute atomic E-state index is 0.136. The highest BCUT2D eigenvalue weighted by atomic mass is 35.5. The number of rotatable bonds is 5. The fourth-order valence-corrected chi connectivity index (χ4v) is 3.56. The topological polar surface area (TPSA) is 73.1 Å². The van der Waals surface area contributed by atoms with Gasteiger partial charge in [0, 0.05) is 5.92 Å². The third-order valence-corrected chi connectivity index (χ3v) is 5.34. The molecule has 0 spiro atoms. The van der Waals surface area contributed by atoms with Gasteiger partial charge in [-0.3, -0.25) is 0 Å². The van der Waals surface area contributed by atoms with Gasteiger partial charge in [-0.25, -0.2) is 8.42 Å². The van der Waals surface area contributed by atoms with Crippen molar-refractivity contribution in [3.05, 3.63) is 45.5 Å². The maximum Gasteiger partial charge on any atom is 0.241 e. The lowest BCUT2D eigenvalue weighted by atomic mass is 10.2. The molecule has 21 heavy (non-hydrogen) atoms. The first-order valence-corrected chi connectivity index (χ1v) is 8.97. The molecule has 1 fully saturated rings. The summed E-state index contributed by atoms with van der Waals surface area (Å²) in [5, 5.41) is 4.53. The Balaban J connectivity index is 1.71. The molecule has 5 nitrogen and oxygen atoms in total. The van der Waals surface area contributed by atoms with Crippen molar-refractivity contribution in [2.45, 2.75) is 30.3 Å². The summed E-state index contributed by atoms with van der Waals surface area (Å²) in [5.41, 5.74) is 0.575. The molecule has 0 radical (unpaired) electrons. The van der Waals surface area contributed by atoms with Gasteiger partial charge in [0.2, 0.25) is 5.89 Å². The van der Waals surface area contributed by atoms with E-state index in [2.05, 4.69) is 10.1 Å². The molecule has 112 valence electrons. The number of nitrogens with zero attached hydrogens (tertiary/aromatic N) is 2. The van der Waals surface area contributed by atoms with Gasteiger partial charge in [0.05, 0.1) is 15.8 Å². The largest absolute Gasteiger partial charge is 0.338 e. The Morgan fingerprint density at radius 1 is 1.19 bits per heavy atom. The van der Waals surface area contributed by atoms with Crippen LogP contribution < -0.4 is 0 Å². The number of hydrogen-bond acceptors (Lipinski definition) is 5. The van der Waals surface area contributed by atoms with Crippen LogP contribution in [0.3, 0.4) is 0 Å². The van der Waals surface area contributed by atoms with Crippen LogP contribution in [0.15, 0.2) is 22.7 Å². The normalized spacial score (nSPS) is 15.3. The summed E-state index contributed by atoms with van der Waals surface area (Å²) in [6.45, 7) is 0. The van der Waals surface area contributed by atoms with Crippen LogP contribution in [0.5, 0.6) is 0 Å². The molecule has 1 saturated carbocycles. The Labute approximate surface area is 132 Å². The zero-order valence-corrected chi connectivity index (χ0v) is 13.2. The van der Waals surface area contributed by atoms with E-state index in [1.54, 1.807) is 18.2 Å². The first-order chi connectivity index (χ1) is 9.93. The zero-order valence-electron chi connectivity index (χ0n) is 10.9. The van der Waals surface area contributed by atoms with E-state index in [1.807, 2.05) is 0 Å². The maximum atomic E-state index is 12.2. The van der Waals surface area contributed by atoms with Gasteiger partial charge < -0.3 is 4.52 Å². The summed E-state index contributed by atoms with van der Waals surface area (Å²) < 4.78 is 29.3. The van der Waals surface area contributed by atoms with Crippen molar-refractivity contribution in [3.63, 3.8) is 0 Å². The molecule has 1 heterocycles. The smallest absolute Gasteiger partial charge is 0.241 e. The Hall–Kier alpha value is -1.11. The first-order valence-electron chi connectivity index (χ1n) is 6.40. The molecule has 0 bridgehead atoms.